The number of halogens is 2. The van der Waals surface area contributed by atoms with Gasteiger partial charge >= 0.3 is 0 Å². The zero-order valence-electron chi connectivity index (χ0n) is 16.6. The first-order valence-electron chi connectivity index (χ1n) is 9.06. The lowest BCUT2D eigenvalue weighted by molar-refractivity contribution is -0.123. The van der Waals surface area contributed by atoms with Gasteiger partial charge in [0.15, 0.2) is 0 Å². The zero-order valence-corrected chi connectivity index (χ0v) is 19.7. The number of carbonyl (C=O) groups is 2. The van der Waals surface area contributed by atoms with Gasteiger partial charge in [0.25, 0.3) is 5.91 Å². The van der Waals surface area contributed by atoms with Gasteiger partial charge in [-0.15, -0.1) is 11.3 Å². The number of rotatable bonds is 10. The number of carbonyl (C=O) groups excluding carboxylic acids is 2. The van der Waals surface area contributed by atoms with Crippen molar-refractivity contribution in [3.05, 3.63) is 56.2 Å². The summed E-state index contributed by atoms with van der Waals surface area (Å²) in [5.41, 5.74) is 0.294. The highest BCUT2D eigenvalue weighted by Gasteiger charge is 2.24. The molecule has 0 spiro atoms. The van der Waals surface area contributed by atoms with E-state index in [4.69, 9.17) is 23.2 Å². The van der Waals surface area contributed by atoms with Crippen LogP contribution in [-0.2, 0) is 4.79 Å². The highest BCUT2D eigenvalue weighted by molar-refractivity contribution is 7.98. The molecule has 0 aliphatic heterocycles. The Bertz CT molecular complexity index is 816. The second-order valence-corrected chi connectivity index (χ2v) is 9.48. The molecule has 0 saturated heterocycles. The number of hydrogen-bond donors (Lipinski definition) is 2. The molecule has 1 aromatic carbocycles. The molecule has 2 N–H and O–H groups in total. The Morgan fingerprint density at radius 1 is 1.24 bits per heavy atom. The normalized spacial score (nSPS) is 13.2. The predicted molar refractivity (Wildman–Crippen MR) is 124 cm³/mol. The smallest absolute Gasteiger partial charge is 0.253 e. The van der Waals surface area contributed by atoms with Crippen LogP contribution in [0.4, 0.5) is 0 Å². The predicted octanol–water partition coefficient (Wildman–Crippen LogP) is 4.33. The number of likely N-dealkylation sites (N-methyl/N-ethyl adjacent to an activating group) is 1. The molecule has 158 valence electrons. The molecule has 2 amide bonds. The quantitative estimate of drug-likeness (QED) is 0.538. The fourth-order valence-electron chi connectivity index (χ4n) is 2.75. The third kappa shape index (κ3) is 7.19. The molecule has 9 heteroatoms. The fourth-order valence-corrected chi connectivity index (χ4v) is 4.64. The van der Waals surface area contributed by atoms with Gasteiger partial charge in [0.05, 0.1) is 16.6 Å². The molecular formula is C20H25Cl2N3O2S2. The van der Waals surface area contributed by atoms with E-state index < -0.39 is 11.9 Å². The van der Waals surface area contributed by atoms with E-state index in [1.807, 2.05) is 31.8 Å². The number of nitrogens with zero attached hydrogens (tertiary/aromatic N) is 1. The molecule has 2 rings (SSSR count). The number of amides is 2. The molecule has 0 aliphatic rings. The summed E-state index contributed by atoms with van der Waals surface area (Å²) in [6, 6.07) is 8.14. The van der Waals surface area contributed by atoms with Gasteiger partial charge in [-0.25, -0.2) is 0 Å². The number of thioether (sulfide) groups is 1. The van der Waals surface area contributed by atoms with Gasteiger partial charge in [-0.2, -0.15) is 11.8 Å². The molecule has 0 fully saturated rings. The Morgan fingerprint density at radius 3 is 2.59 bits per heavy atom. The number of hydrogen-bond acceptors (Lipinski definition) is 5. The Hall–Kier alpha value is -1.25. The second-order valence-electron chi connectivity index (χ2n) is 6.67. The Labute approximate surface area is 190 Å². The third-order valence-corrected chi connectivity index (χ3v) is 6.54. The number of thiophene rings is 1. The van der Waals surface area contributed by atoms with Gasteiger partial charge in [0.2, 0.25) is 5.91 Å². The molecule has 1 aromatic heterocycles. The molecule has 5 nitrogen and oxygen atoms in total. The average Bonchev–Trinajstić information content (AvgIpc) is 3.18. The number of benzene rings is 1. The maximum Gasteiger partial charge on any atom is 0.253 e. The lowest BCUT2D eigenvalue weighted by Gasteiger charge is -2.25. The first-order chi connectivity index (χ1) is 13.8. The highest BCUT2D eigenvalue weighted by atomic mass is 35.5. The summed E-state index contributed by atoms with van der Waals surface area (Å²) in [6.07, 6.45) is 2.49. The first kappa shape index (κ1) is 24.0. The van der Waals surface area contributed by atoms with Crippen LogP contribution in [0.3, 0.4) is 0 Å². The molecule has 0 saturated carbocycles. The van der Waals surface area contributed by atoms with Crippen molar-refractivity contribution in [3.8, 4) is 0 Å². The SMILES string of the molecule is CSCC[C@@H](NC(=O)c1ccc(Cl)cc1Cl)C(=O)NC[C@H](c1cccs1)N(C)C. The van der Waals surface area contributed by atoms with E-state index in [0.29, 0.717) is 23.6 Å². The minimum atomic E-state index is -0.646. The van der Waals surface area contributed by atoms with E-state index in [0.717, 1.165) is 5.75 Å². The van der Waals surface area contributed by atoms with Crippen molar-refractivity contribution < 1.29 is 9.59 Å². The van der Waals surface area contributed by atoms with E-state index in [1.165, 1.54) is 10.9 Å². The summed E-state index contributed by atoms with van der Waals surface area (Å²) < 4.78 is 0. The molecule has 2 atom stereocenters. The van der Waals surface area contributed by atoms with Crippen molar-refractivity contribution >= 4 is 58.1 Å². The van der Waals surface area contributed by atoms with Gasteiger partial charge < -0.3 is 15.5 Å². The van der Waals surface area contributed by atoms with E-state index in [-0.39, 0.29) is 17.0 Å². The third-order valence-electron chi connectivity index (χ3n) is 4.37. The fraction of sp³-hybridized carbons (Fsp3) is 0.400. The Kier molecular flexibility index (Phi) is 9.79. The Morgan fingerprint density at radius 2 is 2.00 bits per heavy atom. The lowest BCUT2D eigenvalue weighted by atomic mass is 10.1. The summed E-state index contributed by atoms with van der Waals surface area (Å²) in [5.74, 6) is 0.144. The summed E-state index contributed by atoms with van der Waals surface area (Å²) >= 11 is 15.3. The zero-order chi connectivity index (χ0) is 21.4. The molecule has 29 heavy (non-hydrogen) atoms. The van der Waals surface area contributed by atoms with E-state index >= 15 is 0 Å². The van der Waals surface area contributed by atoms with Crippen LogP contribution in [0.2, 0.25) is 10.0 Å². The van der Waals surface area contributed by atoms with Crippen molar-refractivity contribution in [3.63, 3.8) is 0 Å². The van der Waals surface area contributed by atoms with Crippen molar-refractivity contribution in [2.75, 3.05) is 32.6 Å². The van der Waals surface area contributed by atoms with E-state index in [9.17, 15) is 9.59 Å². The standard InChI is InChI=1S/C20H25Cl2N3O2S2/c1-25(2)17(18-5-4-9-29-18)12-23-20(27)16(8-10-28-3)24-19(26)14-7-6-13(21)11-15(14)22/h4-7,9,11,16-17H,8,10,12H2,1-3H3,(H,23,27)(H,24,26)/t16-,17-/m1/s1. The average molecular weight is 474 g/mol. The van der Waals surface area contributed by atoms with Crippen LogP contribution in [0.5, 0.6) is 0 Å². The summed E-state index contributed by atoms with van der Waals surface area (Å²) in [4.78, 5) is 28.7. The van der Waals surface area contributed by atoms with E-state index in [1.54, 1.807) is 35.2 Å². The van der Waals surface area contributed by atoms with Crippen molar-refractivity contribution in [2.24, 2.45) is 0 Å². The highest BCUT2D eigenvalue weighted by Crippen LogP contribution is 2.23. The summed E-state index contributed by atoms with van der Waals surface area (Å²) in [7, 11) is 3.96. The van der Waals surface area contributed by atoms with Crippen molar-refractivity contribution in [1.29, 1.82) is 0 Å². The topological polar surface area (TPSA) is 61.4 Å². The van der Waals surface area contributed by atoms with Crippen LogP contribution in [0.25, 0.3) is 0 Å². The lowest BCUT2D eigenvalue weighted by Crippen LogP contribution is -2.48. The van der Waals surface area contributed by atoms with Gasteiger partial charge in [-0.3, -0.25) is 9.59 Å². The molecular weight excluding hydrogens is 449 g/mol. The molecule has 1 heterocycles. The van der Waals surface area contributed by atoms with Crippen LogP contribution in [0.1, 0.15) is 27.7 Å². The minimum Gasteiger partial charge on any atom is -0.352 e. The largest absolute Gasteiger partial charge is 0.352 e. The van der Waals surface area contributed by atoms with Crippen LogP contribution in [0.15, 0.2) is 35.7 Å². The van der Waals surface area contributed by atoms with Gasteiger partial charge in [-0.1, -0.05) is 29.3 Å². The molecule has 0 aliphatic carbocycles. The molecule has 0 bridgehead atoms. The van der Waals surface area contributed by atoms with Crippen molar-refractivity contribution in [1.82, 2.24) is 15.5 Å². The van der Waals surface area contributed by atoms with Gasteiger partial charge in [0.1, 0.15) is 6.04 Å². The van der Waals surface area contributed by atoms with Crippen LogP contribution >= 0.6 is 46.3 Å². The van der Waals surface area contributed by atoms with E-state index in [2.05, 4.69) is 21.6 Å². The Balaban J connectivity index is 2.05. The summed E-state index contributed by atoms with van der Waals surface area (Å²) in [6.45, 7) is 0.458. The van der Waals surface area contributed by atoms with Gasteiger partial charge in [0, 0.05) is 16.4 Å². The molecule has 0 radical (unpaired) electrons. The van der Waals surface area contributed by atoms with Crippen molar-refractivity contribution in [2.45, 2.75) is 18.5 Å². The van der Waals surface area contributed by atoms with Crippen LogP contribution in [-0.4, -0.2) is 55.4 Å². The second kappa shape index (κ2) is 11.8. The summed E-state index contributed by atoms with van der Waals surface area (Å²) in [5, 5.41) is 8.53. The molecule has 2 aromatic rings. The van der Waals surface area contributed by atoms with Gasteiger partial charge in [-0.05, 0) is 62.2 Å². The van der Waals surface area contributed by atoms with Crippen LogP contribution < -0.4 is 10.6 Å². The molecule has 0 unspecified atom stereocenters. The maximum absolute atomic E-state index is 12.8. The number of nitrogens with one attached hydrogen (secondary N) is 2. The minimum absolute atomic E-state index is 0.0709. The van der Waals surface area contributed by atoms with Crippen LogP contribution in [0, 0.1) is 0 Å². The maximum atomic E-state index is 12.8. The first-order valence-corrected chi connectivity index (χ1v) is 12.1. The monoisotopic (exact) mass is 473 g/mol.